The lowest BCUT2D eigenvalue weighted by Crippen LogP contribution is -3.00. The summed E-state index contributed by atoms with van der Waals surface area (Å²) in [6.07, 6.45) is 3.87. The minimum Gasteiger partial charge on any atom is -1.00 e. The van der Waals surface area contributed by atoms with Gasteiger partial charge in [-0.25, -0.2) is 4.98 Å². The number of nitrogens with zero attached hydrogens (tertiary/aromatic N) is 3. The molecule has 0 radical (unpaired) electrons. The van der Waals surface area contributed by atoms with Gasteiger partial charge in [-0.1, -0.05) is 18.6 Å². The number of anilines is 1. The Balaban J connectivity index is 0.00000256. The van der Waals surface area contributed by atoms with Crippen LogP contribution >= 0.6 is 0 Å². The Hall–Kier alpha value is -2.57. The van der Waals surface area contributed by atoms with Gasteiger partial charge in [-0.15, -0.1) is 0 Å². The number of aryl methyl sites for hydroxylation is 2. The molecule has 1 amide bonds. The second-order valence-corrected chi connectivity index (χ2v) is 7.78. The standard InChI is InChI=1S/C23H28N4O2.ClH/c1-17-7-6-8-19(13-17)29-16-23(28)24-18-9-10-21-20(14-18)25-22(26(21)2)15-27-11-4-3-5-12-27;/h6-10,13-14H,3-5,11-12,15-16H2,1-2H3,(H,24,28);1H/p-1. The van der Waals surface area contributed by atoms with E-state index in [0.29, 0.717) is 5.75 Å². The zero-order chi connectivity index (χ0) is 20.2. The smallest absolute Gasteiger partial charge is 0.262 e. The molecular formula is C23H28ClN4O2-. The lowest BCUT2D eigenvalue weighted by atomic mass is 10.1. The molecule has 0 saturated carbocycles. The highest BCUT2D eigenvalue weighted by molar-refractivity contribution is 5.94. The van der Waals surface area contributed by atoms with Gasteiger partial charge in [0, 0.05) is 12.7 Å². The Morgan fingerprint density at radius 1 is 1.13 bits per heavy atom. The molecule has 0 bridgehead atoms. The molecule has 1 saturated heterocycles. The van der Waals surface area contributed by atoms with Crippen molar-refractivity contribution in [3.05, 3.63) is 53.9 Å². The number of imidazole rings is 1. The number of carbonyl (C=O) groups excluding carboxylic acids is 1. The maximum Gasteiger partial charge on any atom is 0.262 e. The molecule has 0 unspecified atom stereocenters. The van der Waals surface area contributed by atoms with Crippen molar-refractivity contribution in [1.29, 1.82) is 0 Å². The zero-order valence-electron chi connectivity index (χ0n) is 17.5. The predicted octanol–water partition coefficient (Wildman–Crippen LogP) is 0.889. The lowest BCUT2D eigenvalue weighted by Gasteiger charge is -2.25. The molecule has 160 valence electrons. The third-order valence-corrected chi connectivity index (χ3v) is 5.43. The Labute approximate surface area is 183 Å². The minimum atomic E-state index is -0.185. The van der Waals surface area contributed by atoms with E-state index in [9.17, 15) is 4.79 Å². The number of piperidine rings is 1. The molecule has 7 heteroatoms. The van der Waals surface area contributed by atoms with Crippen LogP contribution in [-0.2, 0) is 18.4 Å². The van der Waals surface area contributed by atoms with Crippen LogP contribution in [0.2, 0.25) is 0 Å². The molecule has 0 atom stereocenters. The van der Waals surface area contributed by atoms with Gasteiger partial charge in [-0.2, -0.15) is 0 Å². The molecule has 6 nitrogen and oxygen atoms in total. The first-order valence-corrected chi connectivity index (χ1v) is 10.3. The second kappa shape index (κ2) is 9.96. The summed E-state index contributed by atoms with van der Waals surface area (Å²) in [5.41, 5.74) is 3.81. The summed E-state index contributed by atoms with van der Waals surface area (Å²) in [6, 6.07) is 13.5. The number of rotatable bonds is 6. The molecule has 0 spiro atoms. The van der Waals surface area contributed by atoms with Gasteiger partial charge in [-0.3, -0.25) is 9.69 Å². The highest BCUT2D eigenvalue weighted by Crippen LogP contribution is 2.21. The molecular weight excluding hydrogens is 400 g/mol. The van der Waals surface area contributed by atoms with E-state index in [2.05, 4.69) is 21.8 Å². The number of benzene rings is 2. The number of ether oxygens (including phenoxy) is 1. The van der Waals surface area contributed by atoms with E-state index >= 15 is 0 Å². The largest absolute Gasteiger partial charge is 1.00 e. The van der Waals surface area contributed by atoms with Gasteiger partial charge in [0.2, 0.25) is 0 Å². The van der Waals surface area contributed by atoms with Crippen LogP contribution in [-0.4, -0.2) is 40.1 Å². The summed E-state index contributed by atoms with van der Waals surface area (Å²) in [5, 5.41) is 2.91. The van der Waals surface area contributed by atoms with E-state index in [4.69, 9.17) is 9.72 Å². The lowest BCUT2D eigenvalue weighted by molar-refractivity contribution is -0.118. The fourth-order valence-electron chi connectivity index (χ4n) is 3.84. The maximum absolute atomic E-state index is 12.3. The van der Waals surface area contributed by atoms with Crippen molar-refractivity contribution in [3.8, 4) is 5.75 Å². The second-order valence-electron chi connectivity index (χ2n) is 7.78. The van der Waals surface area contributed by atoms with Crippen LogP contribution in [0.25, 0.3) is 11.0 Å². The molecule has 0 aliphatic carbocycles. The van der Waals surface area contributed by atoms with Crippen LogP contribution in [0.1, 0.15) is 30.7 Å². The maximum atomic E-state index is 12.3. The fourth-order valence-corrected chi connectivity index (χ4v) is 3.84. The van der Waals surface area contributed by atoms with Crippen LogP contribution in [0.5, 0.6) is 5.75 Å². The highest BCUT2D eigenvalue weighted by atomic mass is 35.5. The number of halogens is 1. The van der Waals surface area contributed by atoms with Crippen LogP contribution in [0.3, 0.4) is 0 Å². The van der Waals surface area contributed by atoms with Gasteiger partial charge in [0.25, 0.3) is 5.91 Å². The third-order valence-electron chi connectivity index (χ3n) is 5.43. The number of nitrogens with one attached hydrogen (secondary N) is 1. The topological polar surface area (TPSA) is 59.4 Å². The predicted molar refractivity (Wildman–Crippen MR) is 115 cm³/mol. The summed E-state index contributed by atoms with van der Waals surface area (Å²) < 4.78 is 7.73. The Morgan fingerprint density at radius 2 is 1.93 bits per heavy atom. The molecule has 1 aliphatic heterocycles. The van der Waals surface area contributed by atoms with E-state index in [-0.39, 0.29) is 24.9 Å². The number of likely N-dealkylation sites (tertiary alicyclic amines) is 1. The van der Waals surface area contributed by atoms with Crippen LogP contribution < -0.4 is 22.5 Å². The van der Waals surface area contributed by atoms with Crippen molar-refractivity contribution < 1.29 is 21.9 Å². The van der Waals surface area contributed by atoms with Gasteiger partial charge in [0.1, 0.15) is 11.6 Å². The summed E-state index contributed by atoms with van der Waals surface area (Å²) in [7, 11) is 2.06. The minimum absolute atomic E-state index is 0. The van der Waals surface area contributed by atoms with Crippen molar-refractivity contribution >= 4 is 22.6 Å². The summed E-state index contributed by atoms with van der Waals surface area (Å²) in [5.74, 6) is 1.58. The highest BCUT2D eigenvalue weighted by Gasteiger charge is 2.15. The number of carbonyl (C=O) groups is 1. The normalized spacial score (nSPS) is 14.3. The number of hydrogen-bond acceptors (Lipinski definition) is 4. The quantitative estimate of drug-likeness (QED) is 0.634. The van der Waals surface area contributed by atoms with Gasteiger partial charge in [0.05, 0.1) is 17.6 Å². The van der Waals surface area contributed by atoms with Gasteiger partial charge in [-0.05, 0) is 68.8 Å². The van der Waals surface area contributed by atoms with Crippen LogP contribution in [0.15, 0.2) is 42.5 Å². The summed E-state index contributed by atoms with van der Waals surface area (Å²) >= 11 is 0. The number of amides is 1. The summed E-state index contributed by atoms with van der Waals surface area (Å²) in [6.45, 7) is 5.13. The fraction of sp³-hybridized carbons (Fsp3) is 0.391. The average Bonchev–Trinajstić information content (AvgIpc) is 3.02. The molecule has 2 aromatic carbocycles. The van der Waals surface area contributed by atoms with E-state index in [1.165, 1.54) is 19.3 Å². The monoisotopic (exact) mass is 427 g/mol. The van der Waals surface area contributed by atoms with Crippen molar-refractivity contribution in [1.82, 2.24) is 14.5 Å². The van der Waals surface area contributed by atoms with E-state index in [0.717, 1.165) is 47.7 Å². The van der Waals surface area contributed by atoms with Crippen molar-refractivity contribution in [2.45, 2.75) is 32.7 Å². The van der Waals surface area contributed by atoms with E-state index in [1.54, 1.807) is 0 Å². The van der Waals surface area contributed by atoms with Gasteiger partial charge < -0.3 is 27.0 Å². The molecule has 4 rings (SSSR count). The molecule has 2 heterocycles. The Kier molecular flexibility index (Phi) is 7.34. The van der Waals surface area contributed by atoms with Crippen LogP contribution in [0, 0.1) is 6.92 Å². The molecule has 1 N–H and O–H groups in total. The van der Waals surface area contributed by atoms with E-state index in [1.807, 2.05) is 49.4 Å². The van der Waals surface area contributed by atoms with E-state index < -0.39 is 0 Å². The van der Waals surface area contributed by atoms with Gasteiger partial charge >= 0.3 is 0 Å². The molecule has 3 aromatic rings. The Bertz CT molecular complexity index is 1010. The van der Waals surface area contributed by atoms with Crippen molar-refractivity contribution in [2.75, 3.05) is 25.0 Å². The summed E-state index contributed by atoms with van der Waals surface area (Å²) in [4.78, 5) is 19.6. The third kappa shape index (κ3) is 5.32. The first kappa shape index (κ1) is 22.1. The SMILES string of the molecule is Cc1cccc(OCC(=O)Nc2ccc3c(c2)nc(CN2CCCCC2)n3C)c1.[Cl-]. The van der Waals surface area contributed by atoms with Gasteiger partial charge in [0.15, 0.2) is 6.61 Å². The number of fused-ring (bicyclic) bond motifs is 1. The molecule has 30 heavy (non-hydrogen) atoms. The average molecular weight is 428 g/mol. The number of hydrogen-bond donors (Lipinski definition) is 1. The first-order chi connectivity index (χ1) is 14.1. The van der Waals surface area contributed by atoms with Crippen LogP contribution in [0.4, 0.5) is 5.69 Å². The van der Waals surface area contributed by atoms with Crippen molar-refractivity contribution in [3.63, 3.8) is 0 Å². The molecule has 1 fully saturated rings. The first-order valence-electron chi connectivity index (χ1n) is 10.3. The molecule has 1 aromatic heterocycles. The van der Waals surface area contributed by atoms with Crippen molar-refractivity contribution in [2.24, 2.45) is 7.05 Å². The zero-order valence-corrected chi connectivity index (χ0v) is 18.3. The molecule has 1 aliphatic rings. The Morgan fingerprint density at radius 3 is 2.70 bits per heavy atom. The number of aromatic nitrogens is 2.